The maximum atomic E-state index is 13.1. The number of H-pyrrole nitrogens is 1. The highest BCUT2D eigenvalue weighted by atomic mass is 16.5. The Morgan fingerprint density at radius 1 is 1.08 bits per heavy atom. The monoisotopic (exact) mass is 350 g/mol. The predicted octanol–water partition coefficient (Wildman–Crippen LogP) is 3.10. The van der Waals surface area contributed by atoms with E-state index in [1.165, 1.54) is 5.56 Å². The van der Waals surface area contributed by atoms with Crippen molar-refractivity contribution in [3.63, 3.8) is 0 Å². The average Bonchev–Trinajstić information content (AvgIpc) is 2.68. The maximum absolute atomic E-state index is 13.1. The fourth-order valence-corrected chi connectivity index (χ4v) is 3.64. The molecule has 1 aliphatic heterocycles. The summed E-state index contributed by atoms with van der Waals surface area (Å²) in [5.41, 5.74) is 4.01. The molecule has 1 aromatic heterocycles. The summed E-state index contributed by atoms with van der Waals surface area (Å²) in [4.78, 5) is 18.9. The molecule has 1 aliphatic rings. The van der Waals surface area contributed by atoms with Crippen LogP contribution in [0.15, 0.2) is 47.3 Å². The summed E-state index contributed by atoms with van der Waals surface area (Å²) in [7, 11) is 3.18. The third-order valence-corrected chi connectivity index (χ3v) is 5.00. The standard InChI is InChI=1S/C21H22N2O3/c1-25-19-10-15-18(11-20(19)26-2)22-17-8-9-23(13-16(17)21(15)24)12-14-6-4-3-5-7-14/h3-7,10-11H,8-9,12-13H2,1-2H3,(H,22,24). The summed E-state index contributed by atoms with van der Waals surface area (Å²) in [6, 6.07) is 14.0. The molecule has 1 N–H and O–H groups in total. The van der Waals surface area contributed by atoms with Gasteiger partial charge in [-0.2, -0.15) is 0 Å². The van der Waals surface area contributed by atoms with Crippen LogP contribution >= 0.6 is 0 Å². The number of hydrogen-bond donors (Lipinski definition) is 1. The number of methoxy groups -OCH3 is 2. The summed E-state index contributed by atoms with van der Waals surface area (Å²) < 4.78 is 10.7. The summed E-state index contributed by atoms with van der Waals surface area (Å²) in [6.45, 7) is 2.43. The lowest BCUT2D eigenvalue weighted by atomic mass is 10.0. The lowest BCUT2D eigenvalue weighted by molar-refractivity contribution is 0.243. The number of hydrogen-bond acceptors (Lipinski definition) is 4. The molecule has 0 radical (unpaired) electrons. The molecule has 4 rings (SSSR count). The highest BCUT2D eigenvalue weighted by Crippen LogP contribution is 2.31. The fraction of sp³-hybridized carbons (Fsp3) is 0.286. The number of pyridine rings is 1. The summed E-state index contributed by atoms with van der Waals surface area (Å²) in [6.07, 6.45) is 0.835. The van der Waals surface area contributed by atoms with Gasteiger partial charge in [0.1, 0.15) is 0 Å². The molecule has 0 aliphatic carbocycles. The van der Waals surface area contributed by atoms with E-state index < -0.39 is 0 Å². The Morgan fingerprint density at radius 2 is 1.81 bits per heavy atom. The van der Waals surface area contributed by atoms with Crippen LogP contribution in [0.5, 0.6) is 11.5 Å². The second kappa shape index (κ2) is 6.84. The van der Waals surface area contributed by atoms with E-state index >= 15 is 0 Å². The van der Waals surface area contributed by atoms with Crippen LogP contribution in [-0.4, -0.2) is 30.6 Å². The van der Waals surface area contributed by atoms with Crippen molar-refractivity contribution in [1.29, 1.82) is 0 Å². The van der Waals surface area contributed by atoms with Gasteiger partial charge in [-0.1, -0.05) is 30.3 Å². The van der Waals surface area contributed by atoms with Crippen molar-refractivity contribution in [2.24, 2.45) is 0 Å². The normalized spacial score (nSPS) is 14.2. The minimum absolute atomic E-state index is 0.0764. The zero-order chi connectivity index (χ0) is 18.1. The molecule has 0 amide bonds. The topological polar surface area (TPSA) is 54.6 Å². The largest absolute Gasteiger partial charge is 0.493 e. The van der Waals surface area contributed by atoms with E-state index in [1.54, 1.807) is 20.3 Å². The van der Waals surface area contributed by atoms with Crippen molar-refractivity contribution < 1.29 is 9.47 Å². The van der Waals surface area contributed by atoms with Crippen molar-refractivity contribution in [2.45, 2.75) is 19.5 Å². The van der Waals surface area contributed by atoms with Crippen LogP contribution in [0.2, 0.25) is 0 Å². The first kappa shape index (κ1) is 16.7. The van der Waals surface area contributed by atoms with Gasteiger partial charge in [-0.3, -0.25) is 9.69 Å². The van der Waals surface area contributed by atoms with Crippen molar-refractivity contribution in [1.82, 2.24) is 9.88 Å². The van der Waals surface area contributed by atoms with Gasteiger partial charge in [0.2, 0.25) is 0 Å². The molecule has 134 valence electrons. The molecule has 26 heavy (non-hydrogen) atoms. The van der Waals surface area contributed by atoms with E-state index in [0.717, 1.165) is 36.3 Å². The molecular formula is C21H22N2O3. The van der Waals surface area contributed by atoms with Crippen molar-refractivity contribution >= 4 is 10.9 Å². The first-order chi connectivity index (χ1) is 12.7. The van der Waals surface area contributed by atoms with Gasteiger partial charge in [0.05, 0.1) is 19.7 Å². The molecule has 0 fully saturated rings. The molecule has 0 saturated heterocycles. The smallest absolute Gasteiger partial charge is 0.194 e. The summed E-state index contributed by atoms with van der Waals surface area (Å²) >= 11 is 0. The highest BCUT2D eigenvalue weighted by molar-refractivity contribution is 5.83. The fourth-order valence-electron chi connectivity index (χ4n) is 3.64. The molecule has 0 unspecified atom stereocenters. The van der Waals surface area contributed by atoms with Gasteiger partial charge >= 0.3 is 0 Å². The maximum Gasteiger partial charge on any atom is 0.194 e. The highest BCUT2D eigenvalue weighted by Gasteiger charge is 2.22. The molecule has 5 nitrogen and oxygen atoms in total. The van der Waals surface area contributed by atoms with Gasteiger partial charge in [-0.25, -0.2) is 0 Å². The summed E-state index contributed by atoms with van der Waals surface area (Å²) in [5, 5.41) is 0.642. The van der Waals surface area contributed by atoms with Gasteiger partial charge < -0.3 is 14.5 Å². The SMILES string of the molecule is COc1cc2[nH]c3c(c(=O)c2cc1OC)CN(Cc1ccccc1)CC3. The minimum Gasteiger partial charge on any atom is -0.493 e. The van der Waals surface area contributed by atoms with Gasteiger partial charge in [0.25, 0.3) is 0 Å². The van der Waals surface area contributed by atoms with E-state index in [1.807, 2.05) is 24.3 Å². The third kappa shape index (κ3) is 2.95. The van der Waals surface area contributed by atoms with Crippen LogP contribution in [0, 0.1) is 0 Å². The number of ether oxygens (including phenoxy) is 2. The Balaban J connectivity index is 1.72. The lowest BCUT2D eigenvalue weighted by Gasteiger charge is -2.28. The Morgan fingerprint density at radius 3 is 2.54 bits per heavy atom. The Hall–Kier alpha value is -2.79. The van der Waals surface area contributed by atoms with Crippen LogP contribution in [-0.2, 0) is 19.5 Å². The van der Waals surface area contributed by atoms with Crippen LogP contribution in [0.25, 0.3) is 10.9 Å². The van der Waals surface area contributed by atoms with Gasteiger partial charge in [0, 0.05) is 48.8 Å². The van der Waals surface area contributed by atoms with Crippen molar-refractivity contribution in [3.8, 4) is 11.5 Å². The molecular weight excluding hydrogens is 328 g/mol. The zero-order valence-electron chi connectivity index (χ0n) is 15.0. The number of benzene rings is 2. The molecule has 0 saturated carbocycles. The van der Waals surface area contributed by atoms with E-state index in [-0.39, 0.29) is 5.43 Å². The van der Waals surface area contributed by atoms with Crippen molar-refractivity contribution in [2.75, 3.05) is 20.8 Å². The Kier molecular flexibility index (Phi) is 4.39. The first-order valence-electron chi connectivity index (χ1n) is 8.75. The molecule has 2 heterocycles. The first-order valence-corrected chi connectivity index (χ1v) is 8.75. The number of nitrogens with zero attached hydrogens (tertiary/aromatic N) is 1. The van der Waals surface area contributed by atoms with Crippen LogP contribution < -0.4 is 14.9 Å². The molecule has 3 aromatic rings. The molecule has 0 bridgehead atoms. The van der Waals surface area contributed by atoms with Gasteiger partial charge in [-0.15, -0.1) is 0 Å². The minimum atomic E-state index is 0.0764. The number of aromatic nitrogens is 1. The third-order valence-electron chi connectivity index (χ3n) is 5.00. The molecule has 5 heteroatoms. The average molecular weight is 350 g/mol. The zero-order valence-corrected chi connectivity index (χ0v) is 15.0. The predicted molar refractivity (Wildman–Crippen MR) is 102 cm³/mol. The quantitative estimate of drug-likeness (QED) is 0.786. The van der Waals surface area contributed by atoms with Crippen molar-refractivity contribution in [3.05, 3.63) is 69.5 Å². The number of rotatable bonds is 4. The summed E-state index contributed by atoms with van der Waals surface area (Å²) in [5.74, 6) is 1.19. The van der Waals surface area contributed by atoms with E-state index in [9.17, 15) is 4.79 Å². The van der Waals surface area contributed by atoms with Crippen LogP contribution in [0.4, 0.5) is 0 Å². The van der Waals surface area contributed by atoms with Gasteiger partial charge in [0.15, 0.2) is 16.9 Å². The molecule has 0 atom stereocenters. The molecule has 2 aromatic carbocycles. The number of nitrogens with one attached hydrogen (secondary N) is 1. The van der Waals surface area contributed by atoms with E-state index in [2.05, 4.69) is 22.0 Å². The van der Waals surface area contributed by atoms with Gasteiger partial charge in [-0.05, 0) is 11.6 Å². The second-order valence-corrected chi connectivity index (χ2v) is 6.61. The van der Waals surface area contributed by atoms with Crippen LogP contribution in [0.3, 0.4) is 0 Å². The molecule has 0 spiro atoms. The number of aromatic amines is 1. The second-order valence-electron chi connectivity index (χ2n) is 6.61. The van der Waals surface area contributed by atoms with E-state index in [4.69, 9.17) is 9.47 Å². The Labute approximate surface area is 152 Å². The Bertz CT molecular complexity index is 996. The van der Waals surface area contributed by atoms with Crippen LogP contribution in [0.1, 0.15) is 16.8 Å². The number of fused-ring (bicyclic) bond motifs is 2. The lowest BCUT2D eigenvalue weighted by Crippen LogP contribution is -2.34. The van der Waals surface area contributed by atoms with E-state index in [0.29, 0.717) is 23.4 Å².